The van der Waals surface area contributed by atoms with Crippen LogP contribution in [0.25, 0.3) is 0 Å². The fraction of sp³-hybridized carbons (Fsp3) is 0.562. The molecule has 4 heteroatoms. The van der Waals surface area contributed by atoms with Crippen molar-refractivity contribution in [2.24, 2.45) is 5.92 Å². The van der Waals surface area contributed by atoms with Gasteiger partial charge in [-0.15, -0.1) is 0 Å². The molecule has 0 aliphatic carbocycles. The van der Waals surface area contributed by atoms with Gasteiger partial charge in [0.1, 0.15) is 11.8 Å². The molecule has 0 radical (unpaired) electrons. The van der Waals surface area contributed by atoms with E-state index in [1.54, 1.807) is 13.2 Å². The van der Waals surface area contributed by atoms with Gasteiger partial charge in [0.15, 0.2) is 0 Å². The Labute approximate surface area is 121 Å². The SMILES string of the molecule is COc1ccc(C#N)c(NCC2CCN(C(C)C)C2)c1. The summed E-state index contributed by atoms with van der Waals surface area (Å²) in [5, 5.41) is 12.6. The molecular formula is C16H23N3O. The molecule has 108 valence electrons. The summed E-state index contributed by atoms with van der Waals surface area (Å²) in [6, 6.07) is 8.36. The van der Waals surface area contributed by atoms with Crippen LogP contribution in [0.2, 0.25) is 0 Å². The summed E-state index contributed by atoms with van der Waals surface area (Å²) in [5.74, 6) is 1.43. The molecule has 1 saturated heterocycles. The van der Waals surface area contributed by atoms with Crippen molar-refractivity contribution in [3.05, 3.63) is 23.8 Å². The summed E-state index contributed by atoms with van der Waals surface area (Å²) < 4.78 is 5.22. The summed E-state index contributed by atoms with van der Waals surface area (Å²) >= 11 is 0. The number of anilines is 1. The molecule has 20 heavy (non-hydrogen) atoms. The molecular weight excluding hydrogens is 250 g/mol. The number of rotatable bonds is 5. The Morgan fingerprint density at radius 3 is 2.90 bits per heavy atom. The van der Waals surface area contributed by atoms with Crippen LogP contribution in [0.5, 0.6) is 5.75 Å². The van der Waals surface area contributed by atoms with Crippen molar-refractivity contribution in [2.75, 3.05) is 32.1 Å². The Morgan fingerprint density at radius 1 is 1.50 bits per heavy atom. The molecule has 1 aromatic carbocycles. The lowest BCUT2D eigenvalue weighted by Gasteiger charge is -2.20. The number of benzene rings is 1. The smallest absolute Gasteiger partial charge is 0.121 e. The van der Waals surface area contributed by atoms with Crippen molar-refractivity contribution < 1.29 is 4.74 Å². The zero-order valence-electron chi connectivity index (χ0n) is 12.5. The van der Waals surface area contributed by atoms with E-state index >= 15 is 0 Å². The minimum Gasteiger partial charge on any atom is -0.497 e. The molecule has 0 saturated carbocycles. The predicted octanol–water partition coefficient (Wildman–Crippen LogP) is 2.71. The molecule has 4 nitrogen and oxygen atoms in total. The fourth-order valence-corrected chi connectivity index (χ4v) is 2.65. The van der Waals surface area contributed by atoms with Crippen LogP contribution in [0.1, 0.15) is 25.8 Å². The van der Waals surface area contributed by atoms with Crippen LogP contribution in [0.3, 0.4) is 0 Å². The number of nitrogens with zero attached hydrogens (tertiary/aromatic N) is 2. The molecule has 0 bridgehead atoms. The highest BCUT2D eigenvalue weighted by Crippen LogP contribution is 2.24. The van der Waals surface area contributed by atoms with E-state index in [0.29, 0.717) is 17.5 Å². The van der Waals surface area contributed by atoms with Crippen molar-refractivity contribution >= 4 is 5.69 Å². The zero-order chi connectivity index (χ0) is 14.5. The number of ether oxygens (including phenoxy) is 1. The van der Waals surface area contributed by atoms with E-state index in [1.807, 2.05) is 12.1 Å². The Morgan fingerprint density at radius 2 is 2.30 bits per heavy atom. The number of nitrogens with one attached hydrogen (secondary N) is 1. The van der Waals surface area contributed by atoms with Gasteiger partial charge in [-0.2, -0.15) is 5.26 Å². The first kappa shape index (κ1) is 14.7. The van der Waals surface area contributed by atoms with Gasteiger partial charge in [0.2, 0.25) is 0 Å². The van der Waals surface area contributed by atoms with E-state index in [0.717, 1.165) is 24.5 Å². The molecule has 1 aliphatic rings. The van der Waals surface area contributed by atoms with Gasteiger partial charge in [-0.1, -0.05) is 0 Å². The maximum atomic E-state index is 9.15. The number of likely N-dealkylation sites (tertiary alicyclic amines) is 1. The molecule has 1 atom stereocenters. The maximum Gasteiger partial charge on any atom is 0.121 e. The molecule has 0 amide bonds. The summed E-state index contributed by atoms with van der Waals surface area (Å²) in [7, 11) is 1.64. The number of hydrogen-bond donors (Lipinski definition) is 1. The summed E-state index contributed by atoms with van der Waals surface area (Å²) in [6.07, 6.45) is 1.22. The monoisotopic (exact) mass is 273 g/mol. The molecule has 2 rings (SSSR count). The third-order valence-corrected chi connectivity index (χ3v) is 3.98. The van der Waals surface area contributed by atoms with Gasteiger partial charge in [-0.05, 0) is 44.9 Å². The topological polar surface area (TPSA) is 48.3 Å². The first-order chi connectivity index (χ1) is 9.63. The van der Waals surface area contributed by atoms with E-state index in [9.17, 15) is 0 Å². The van der Waals surface area contributed by atoms with E-state index < -0.39 is 0 Å². The Hall–Kier alpha value is -1.73. The highest BCUT2D eigenvalue weighted by molar-refractivity contribution is 5.60. The quantitative estimate of drug-likeness (QED) is 0.896. The van der Waals surface area contributed by atoms with Crippen LogP contribution in [0.4, 0.5) is 5.69 Å². The van der Waals surface area contributed by atoms with E-state index in [2.05, 4.69) is 30.1 Å². The molecule has 0 aromatic heterocycles. The van der Waals surface area contributed by atoms with Gasteiger partial charge >= 0.3 is 0 Å². The lowest BCUT2D eigenvalue weighted by atomic mass is 10.1. The lowest BCUT2D eigenvalue weighted by molar-refractivity contribution is 0.266. The van der Waals surface area contributed by atoms with Crippen molar-refractivity contribution in [1.29, 1.82) is 5.26 Å². The summed E-state index contributed by atoms with van der Waals surface area (Å²) in [5.41, 5.74) is 1.54. The van der Waals surface area contributed by atoms with E-state index in [1.165, 1.54) is 13.0 Å². The maximum absolute atomic E-state index is 9.15. The Bertz CT molecular complexity index is 493. The minimum atomic E-state index is 0.617. The second kappa shape index (κ2) is 6.62. The van der Waals surface area contributed by atoms with E-state index in [4.69, 9.17) is 10.00 Å². The van der Waals surface area contributed by atoms with Gasteiger partial charge < -0.3 is 15.0 Å². The second-order valence-electron chi connectivity index (χ2n) is 5.65. The third-order valence-electron chi connectivity index (χ3n) is 3.98. The van der Waals surface area contributed by atoms with Crippen molar-refractivity contribution in [2.45, 2.75) is 26.3 Å². The fourth-order valence-electron chi connectivity index (χ4n) is 2.65. The van der Waals surface area contributed by atoms with Crippen LogP contribution in [0, 0.1) is 17.2 Å². The third kappa shape index (κ3) is 3.43. The largest absolute Gasteiger partial charge is 0.497 e. The van der Waals surface area contributed by atoms with Crippen molar-refractivity contribution in [3.8, 4) is 11.8 Å². The molecule has 1 unspecified atom stereocenters. The molecule has 1 aliphatic heterocycles. The van der Waals surface area contributed by atoms with E-state index in [-0.39, 0.29) is 0 Å². The second-order valence-corrected chi connectivity index (χ2v) is 5.65. The molecule has 0 spiro atoms. The van der Waals surface area contributed by atoms with Crippen LogP contribution in [-0.4, -0.2) is 37.7 Å². The average Bonchev–Trinajstić information content (AvgIpc) is 2.93. The number of hydrogen-bond acceptors (Lipinski definition) is 4. The highest BCUT2D eigenvalue weighted by Gasteiger charge is 2.23. The minimum absolute atomic E-state index is 0.617. The highest BCUT2D eigenvalue weighted by atomic mass is 16.5. The van der Waals surface area contributed by atoms with Gasteiger partial charge in [-0.3, -0.25) is 0 Å². The zero-order valence-corrected chi connectivity index (χ0v) is 12.5. The molecule has 1 aromatic rings. The Kier molecular flexibility index (Phi) is 4.86. The first-order valence-corrected chi connectivity index (χ1v) is 7.20. The molecule has 1 N–H and O–H groups in total. The van der Waals surface area contributed by atoms with Gasteiger partial charge in [0.05, 0.1) is 18.4 Å². The van der Waals surface area contributed by atoms with Crippen molar-refractivity contribution in [3.63, 3.8) is 0 Å². The molecule has 1 heterocycles. The van der Waals surface area contributed by atoms with Gasteiger partial charge in [0.25, 0.3) is 0 Å². The van der Waals surface area contributed by atoms with Gasteiger partial charge in [-0.25, -0.2) is 0 Å². The Balaban J connectivity index is 1.96. The molecule has 1 fully saturated rings. The predicted molar refractivity (Wildman–Crippen MR) is 81.0 cm³/mol. The van der Waals surface area contributed by atoms with Crippen molar-refractivity contribution in [1.82, 2.24) is 4.90 Å². The first-order valence-electron chi connectivity index (χ1n) is 7.20. The van der Waals surface area contributed by atoms with Crippen LogP contribution in [-0.2, 0) is 0 Å². The average molecular weight is 273 g/mol. The standard InChI is InChI=1S/C16H23N3O/c1-12(2)19-7-6-13(11-19)10-18-16-8-15(20-3)5-4-14(16)9-17/h4-5,8,12-13,18H,6-7,10-11H2,1-3H3. The van der Waals surface area contributed by atoms with Crippen LogP contribution in [0.15, 0.2) is 18.2 Å². The van der Waals surface area contributed by atoms with Gasteiger partial charge in [0, 0.05) is 25.2 Å². The number of methoxy groups -OCH3 is 1. The van der Waals surface area contributed by atoms with Crippen LogP contribution >= 0.6 is 0 Å². The number of nitriles is 1. The summed E-state index contributed by atoms with van der Waals surface area (Å²) in [6.45, 7) is 7.70. The van der Waals surface area contributed by atoms with Crippen LogP contribution < -0.4 is 10.1 Å². The normalized spacial score (nSPS) is 19.1. The lowest BCUT2D eigenvalue weighted by Crippen LogP contribution is -2.29. The summed E-state index contributed by atoms with van der Waals surface area (Å²) in [4.78, 5) is 2.50.